The van der Waals surface area contributed by atoms with Gasteiger partial charge >= 0.3 is 0 Å². The molecule has 2 heterocycles. The Kier molecular flexibility index (Phi) is 6.18. The molecular weight excluding hydrogens is 283 g/mol. The smallest absolute Gasteiger partial charge is 0.172 e. The van der Waals surface area contributed by atoms with E-state index in [1.807, 2.05) is 0 Å². The molecule has 0 spiro atoms. The molecule has 2 aliphatic rings. The lowest BCUT2D eigenvalue weighted by Gasteiger charge is -2.39. The quantitative estimate of drug-likeness (QED) is 0.533. The first kappa shape index (κ1) is 15.8. The van der Waals surface area contributed by atoms with Crippen molar-refractivity contribution in [1.82, 2.24) is 20.0 Å². The molecule has 0 amide bonds. The molecule has 2 rings (SSSR count). The summed E-state index contributed by atoms with van der Waals surface area (Å²) in [6, 6.07) is 0. The van der Waals surface area contributed by atoms with E-state index in [9.17, 15) is 0 Å². The highest BCUT2D eigenvalue weighted by Crippen LogP contribution is 2.30. The van der Waals surface area contributed by atoms with Gasteiger partial charge in [0.05, 0.1) is 0 Å². The second kappa shape index (κ2) is 7.43. The van der Waals surface area contributed by atoms with Gasteiger partial charge in [-0.25, -0.2) is 0 Å². The Morgan fingerprint density at radius 2 is 1.68 bits per heavy atom. The third-order valence-electron chi connectivity index (χ3n) is 4.13. The Hall–Kier alpha value is 0.420. The van der Waals surface area contributed by atoms with Gasteiger partial charge in [0.15, 0.2) is 4.46 Å². The summed E-state index contributed by atoms with van der Waals surface area (Å²) in [5, 5.41) is 3.47. The first-order valence-electron chi connectivity index (χ1n) is 7.32. The molecule has 0 aromatic rings. The molecule has 112 valence electrons. The summed E-state index contributed by atoms with van der Waals surface area (Å²) in [5.41, 5.74) is 0. The number of rotatable bonds is 0. The van der Waals surface area contributed by atoms with Crippen molar-refractivity contribution in [2.45, 2.75) is 17.3 Å². The number of nitrogens with one attached hydrogen (secondary N) is 1. The second-order valence-electron chi connectivity index (χ2n) is 5.65. The summed E-state index contributed by atoms with van der Waals surface area (Å²) < 4.78 is -0.738. The van der Waals surface area contributed by atoms with Crippen LogP contribution in [0.3, 0.4) is 0 Å². The fourth-order valence-corrected chi connectivity index (χ4v) is 3.22. The Labute approximate surface area is 127 Å². The Balaban J connectivity index is 2.07. The summed E-state index contributed by atoms with van der Waals surface area (Å²) >= 11 is 13.1. The van der Waals surface area contributed by atoms with Crippen molar-refractivity contribution < 1.29 is 0 Å². The Morgan fingerprint density at radius 3 is 2.53 bits per heavy atom. The first-order valence-corrected chi connectivity index (χ1v) is 8.08. The molecule has 2 atom stereocenters. The second-order valence-corrected chi connectivity index (χ2v) is 7.10. The standard InChI is InChI=1S/C13H26Cl2N4/c1-17-7-3-13(14,15)19-8-5-16-4-2-6-18(10-9-17)11-12-19/h16H,2-12H2,1H3. The maximum Gasteiger partial charge on any atom is 0.172 e. The van der Waals surface area contributed by atoms with Crippen molar-refractivity contribution in [1.29, 1.82) is 0 Å². The normalized spacial score (nSPS) is 34.9. The first-order chi connectivity index (χ1) is 9.08. The van der Waals surface area contributed by atoms with Gasteiger partial charge in [0, 0.05) is 52.2 Å². The maximum atomic E-state index is 6.57. The average Bonchev–Trinajstić information content (AvgIpc) is 2.39. The number of fused-ring (bicyclic) bond motifs is 3. The van der Waals surface area contributed by atoms with Crippen LogP contribution in [0.15, 0.2) is 0 Å². The average molecular weight is 309 g/mol. The number of halogens is 2. The van der Waals surface area contributed by atoms with Crippen LogP contribution in [0.4, 0.5) is 0 Å². The van der Waals surface area contributed by atoms with Gasteiger partial charge in [-0.05, 0) is 26.6 Å². The maximum absolute atomic E-state index is 6.57. The number of likely N-dealkylation sites (N-methyl/N-ethyl adjacent to an activating group) is 1. The lowest BCUT2D eigenvalue weighted by Crippen LogP contribution is -2.51. The topological polar surface area (TPSA) is 21.8 Å². The molecule has 0 saturated carbocycles. The minimum atomic E-state index is -0.738. The number of alkyl halides is 2. The van der Waals surface area contributed by atoms with Gasteiger partial charge in [-0.3, -0.25) is 4.90 Å². The molecule has 2 fully saturated rings. The van der Waals surface area contributed by atoms with E-state index in [-0.39, 0.29) is 0 Å². The third-order valence-corrected chi connectivity index (χ3v) is 4.98. The molecule has 0 aromatic heterocycles. The van der Waals surface area contributed by atoms with E-state index in [2.05, 4.69) is 27.1 Å². The van der Waals surface area contributed by atoms with E-state index in [0.717, 1.165) is 65.3 Å². The van der Waals surface area contributed by atoms with E-state index >= 15 is 0 Å². The molecule has 2 aliphatic heterocycles. The van der Waals surface area contributed by atoms with Crippen molar-refractivity contribution in [2.24, 2.45) is 0 Å². The van der Waals surface area contributed by atoms with Crippen LogP contribution in [-0.4, -0.2) is 85.1 Å². The van der Waals surface area contributed by atoms with Crippen molar-refractivity contribution >= 4 is 23.2 Å². The zero-order valence-corrected chi connectivity index (χ0v) is 13.4. The summed E-state index contributed by atoms with van der Waals surface area (Å²) in [6.07, 6.45) is 2.02. The number of hydrogen-bond donors (Lipinski definition) is 1. The van der Waals surface area contributed by atoms with E-state index in [1.165, 1.54) is 6.42 Å². The van der Waals surface area contributed by atoms with E-state index < -0.39 is 4.46 Å². The fraction of sp³-hybridized carbons (Fsp3) is 1.00. The van der Waals surface area contributed by atoms with Gasteiger partial charge in [-0.15, -0.1) is 0 Å². The van der Waals surface area contributed by atoms with Crippen LogP contribution in [0.2, 0.25) is 0 Å². The predicted octanol–water partition coefficient (Wildman–Crippen LogP) is 1.05. The van der Waals surface area contributed by atoms with Crippen LogP contribution in [-0.2, 0) is 0 Å². The zero-order chi connectivity index (χ0) is 13.7. The van der Waals surface area contributed by atoms with Gasteiger partial charge in [-0.2, -0.15) is 0 Å². The summed E-state index contributed by atoms with van der Waals surface area (Å²) in [6.45, 7) is 9.34. The lowest BCUT2D eigenvalue weighted by molar-refractivity contribution is 0.130. The summed E-state index contributed by atoms with van der Waals surface area (Å²) in [4.78, 5) is 7.09. The predicted molar refractivity (Wildman–Crippen MR) is 82.1 cm³/mol. The molecule has 19 heavy (non-hydrogen) atoms. The van der Waals surface area contributed by atoms with Crippen LogP contribution in [0.5, 0.6) is 0 Å². The van der Waals surface area contributed by atoms with Crippen LogP contribution in [0.1, 0.15) is 12.8 Å². The minimum Gasteiger partial charge on any atom is -0.315 e. The fourth-order valence-electron chi connectivity index (χ4n) is 2.71. The third kappa shape index (κ3) is 5.03. The molecular formula is C13H26Cl2N4. The van der Waals surface area contributed by atoms with Gasteiger partial charge < -0.3 is 15.1 Å². The summed E-state index contributed by atoms with van der Waals surface area (Å²) in [5.74, 6) is 0. The van der Waals surface area contributed by atoms with Crippen LogP contribution in [0.25, 0.3) is 0 Å². The minimum absolute atomic E-state index is 0.738. The Bertz CT molecular complexity index is 275. The van der Waals surface area contributed by atoms with Gasteiger partial charge in [-0.1, -0.05) is 23.2 Å². The molecule has 2 bridgehead atoms. The van der Waals surface area contributed by atoms with Crippen LogP contribution < -0.4 is 5.32 Å². The highest BCUT2D eigenvalue weighted by molar-refractivity contribution is 6.48. The monoisotopic (exact) mass is 308 g/mol. The van der Waals surface area contributed by atoms with Gasteiger partial charge in [0.1, 0.15) is 0 Å². The van der Waals surface area contributed by atoms with Crippen molar-refractivity contribution in [3.05, 3.63) is 0 Å². The zero-order valence-electron chi connectivity index (χ0n) is 11.9. The number of hydrogen-bond acceptors (Lipinski definition) is 4. The van der Waals surface area contributed by atoms with Crippen LogP contribution in [0, 0.1) is 0 Å². The highest BCUT2D eigenvalue weighted by Gasteiger charge is 2.33. The molecule has 2 saturated heterocycles. The molecule has 0 aliphatic carbocycles. The van der Waals surface area contributed by atoms with Gasteiger partial charge in [0.25, 0.3) is 0 Å². The van der Waals surface area contributed by atoms with Crippen molar-refractivity contribution in [2.75, 3.05) is 66.0 Å². The molecule has 1 N–H and O–H groups in total. The molecule has 0 aromatic carbocycles. The van der Waals surface area contributed by atoms with Crippen LogP contribution >= 0.6 is 23.2 Å². The lowest BCUT2D eigenvalue weighted by atomic mass is 10.2. The molecule has 6 heteroatoms. The van der Waals surface area contributed by atoms with Crippen molar-refractivity contribution in [3.8, 4) is 0 Å². The van der Waals surface area contributed by atoms with E-state index in [0.29, 0.717) is 0 Å². The Morgan fingerprint density at radius 1 is 0.895 bits per heavy atom. The number of nitrogens with zero attached hydrogens (tertiary/aromatic N) is 3. The molecule has 0 radical (unpaired) electrons. The molecule has 4 nitrogen and oxygen atoms in total. The highest BCUT2D eigenvalue weighted by atomic mass is 35.5. The van der Waals surface area contributed by atoms with Crippen molar-refractivity contribution in [3.63, 3.8) is 0 Å². The SMILES string of the molecule is CN1CCN2CCCNCCN(CC2)C(Cl)(Cl)CC1. The largest absolute Gasteiger partial charge is 0.315 e. The summed E-state index contributed by atoms with van der Waals surface area (Å²) in [7, 11) is 2.15. The molecule has 2 unspecified atom stereocenters. The van der Waals surface area contributed by atoms with E-state index in [4.69, 9.17) is 23.2 Å². The van der Waals surface area contributed by atoms with E-state index in [1.54, 1.807) is 0 Å². The van der Waals surface area contributed by atoms with Gasteiger partial charge in [0.2, 0.25) is 0 Å².